The summed E-state index contributed by atoms with van der Waals surface area (Å²) < 4.78 is 0. The molecular formula is C12H14N2. The third-order valence-corrected chi connectivity index (χ3v) is 2.66. The van der Waals surface area contributed by atoms with Crippen LogP contribution >= 0.6 is 0 Å². The summed E-state index contributed by atoms with van der Waals surface area (Å²) in [7, 11) is 0. The molecule has 0 spiro atoms. The molecule has 72 valence electrons. The number of hydrogen-bond acceptors (Lipinski definition) is 2. The molecule has 1 N–H and O–H groups in total. The highest BCUT2D eigenvalue weighted by Gasteiger charge is 2.37. The van der Waals surface area contributed by atoms with Gasteiger partial charge in [0.1, 0.15) is 0 Å². The van der Waals surface area contributed by atoms with E-state index in [0.29, 0.717) is 18.4 Å². The van der Waals surface area contributed by atoms with Crippen LogP contribution in [0.5, 0.6) is 0 Å². The molecule has 1 aliphatic carbocycles. The molecule has 1 aliphatic rings. The van der Waals surface area contributed by atoms with Gasteiger partial charge < -0.3 is 5.32 Å². The van der Waals surface area contributed by atoms with E-state index in [2.05, 4.69) is 35.7 Å². The van der Waals surface area contributed by atoms with Crippen LogP contribution in [0.2, 0.25) is 0 Å². The Hall–Kier alpha value is -1.33. The lowest BCUT2D eigenvalue weighted by Gasteiger charge is -2.00. The maximum Gasteiger partial charge on any atom is 0.0635 e. The molecule has 1 fully saturated rings. The Morgan fingerprint density at radius 1 is 1.36 bits per heavy atom. The SMILES string of the molecule is N#CCCNC1CC1c1ccccc1. The number of nitrogens with zero attached hydrogens (tertiary/aromatic N) is 1. The van der Waals surface area contributed by atoms with E-state index in [1.54, 1.807) is 0 Å². The third-order valence-electron chi connectivity index (χ3n) is 2.66. The van der Waals surface area contributed by atoms with Gasteiger partial charge in [0.2, 0.25) is 0 Å². The van der Waals surface area contributed by atoms with Crippen molar-refractivity contribution < 1.29 is 0 Å². The predicted molar refractivity (Wildman–Crippen MR) is 55.8 cm³/mol. The highest BCUT2D eigenvalue weighted by atomic mass is 15.0. The number of nitriles is 1. The average molecular weight is 186 g/mol. The molecule has 14 heavy (non-hydrogen) atoms. The zero-order valence-corrected chi connectivity index (χ0v) is 8.11. The second kappa shape index (κ2) is 4.26. The van der Waals surface area contributed by atoms with Crippen LogP contribution in [0.4, 0.5) is 0 Å². The van der Waals surface area contributed by atoms with Crippen molar-refractivity contribution in [1.29, 1.82) is 5.26 Å². The van der Waals surface area contributed by atoms with E-state index in [0.717, 1.165) is 6.54 Å². The predicted octanol–water partition coefficient (Wildman–Crippen LogP) is 2.05. The zero-order chi connectivity index (χ0) is 9.80. The summed E-state index contributed by atoms with van der Waals surface area (Å²) in [5, 5.41) is 11.8. The minimum absolute atomic E-state index is 0.603. The highest BCUT2D eigenvalue weighted by molar-refractivity contribution is 5.27. The Morgan fingerprint density at radius 2 is 2.14 bits per heavy atom. The molecule has 0 bridgehead atoms. The summed E-state index contributed by atoms with van der Waals surface area (Å²) in [5.41, 5.74) is 1.42. The normalized spacial score (nSPS) is 24.2. The number of benzene rings is 1. The Bertz CT molecular complexity index is 326. The molecule has 2 heteroatoms. The van der Waals surface area contributed by atoms with Gasteiger partial charge in [-0.25, -0.2) is 0 Å². The van der Waals surface area contributed by atoms with Gasteiger partial charge in [0.15, 0.2) is 0 Å². The van der Waals surface area contributed by atoms with Gasteiger partial charge in [-0.3, -0.25) is 0 Å². The minimum atomic E-state index is 0.603. The van der Waals surface area contributed by atoms with Gasteiger partial charge in [0.25, 0.3) is 0 Å². The van der Waals surface area contributed by atoms with Crippen LogP contribution in [-0.2, 0) is 0 Å². The third kappa shape index (κ3) is 2.12. The van der Waals surface area contributed by atoms with E-state index in [1.807, 2.05) is 6.07 Å². The first-order valence-corrected chi connectivity index (χ1v) is 5.07. The van der Waals surface area contributed by atoms with Gasteiger partial charge in [-0.2, -0.15) is 5.26 Å². The molecule has 2 atom stereocenters. The fourth-order valence-electron chi connectivity index (χ4n) is 1.80. The largest absolute Gasteiger partial charge is 0.312 e. The van der Waals surface area contributed by atoms with Gasteiger partial charge in [-0.1, -0.05) is 30.3 Å². The fraction of sp³-hybridized carbons (Fsp3) is 0.417. The van der Waals surface area contributed by atoms with Gasteiger partial charge in [-0.05, 0) is 12.0 Å². The van der Waals surface area contributed by atoms with Crippen LogP contribution in [0.1, 0.15) is 24.3 Å². The Morgan fingerprint density at radius 3 is 2.86 bits per heavy atom. The average Bonchev–Trinajstić information content (AvgIpc) is 2.99. The van der Waals surface area contributed by atoms with Crippen LogP contribution in [0.25, 0.3) is 0 Å². The lowest BCUT2D eigenvalue weighted by molar-refractivity contribution is 0.679. The van der Waals surface area contributed by atoms with Crippen molar-refractivity contribution in [2.45, 2.75) is 24.8 Å². The van der Waals surface area contributed by atoms with E-state index >= 15 is 0 Å². The van der Waals surface area contributed by atoms with Crippen molar-refractivity contribution in [3.05, 3.63) is 35.9 Å². The van der Waals surface area contributed by atoms with E-state index < -0.39 is 0 Å². The van der Waals surface area contributed by atoms with E-state index in [1.165, 1.54) is 12.0 Å². The van der Waals surface area contributed by atoms with Crippen molar-refractivity contribution >= 4 is 0 Å². The summed E-state index contributed by atoms with van der Waals surface area (Å²) in [6.07, 6.45) is 1.83. The molecule has 0 aromatic heterocycles. The molecule has 1 aromatic rings. The smallest absolute Gasteiger partial charge is 0.0635 e. The van der Waals surface area contributed by atoms with Crippen LogP contribution in [-0.4, -0.2) is 12.6 Å². The number of rotatable bonds is 4. The minimum Gasteiger partial charge on any atom is -0.312 e. The molecule has 0 aliphatic heterocycles. The quantitative estimate of drug-likeness (QED) is 0.730. The van der Waals surface area contributed by atoms with Crippen LogP contribution in [0.3, 0.4) is 0 Å². The second-order valence-electron chi connectivity index (χ2n) is 3.72. The first kappa shape index (κ1) is 9.23. The number of hydrogen-bond donors (Lipinski definition) is 1. The summed E-state index contributed by atoms with van der Waals surface area (Å²) in [4.78, 5) is 0. The molecule has 0 radical (unpaired) electrons. The molecule has 1 aromatic carbocycles. The van der Waals surface area contributed by atoms with Gasteiger partial charge in [0.05, 0.1) is 6.07 Å². The van der Waals surface area contributed by atoms with Gasteiger partial charge >= 0.3 is 0 Å². The molecule has 2 nitrogen and oxygen atoms in total. The molecule has 2 rings (SSSR count). The Balaban J connectivity index is 1.80. The lowest BCUT2D eigenvalue weighted by Crippen LogP contribution is -2.18. The Kier molecular flexibility index (Phi) is 2.81. The van der Waals surface area contributed by atoms with Crippen LogP contribution in [0.15, 0.2) is 30.3 Å². The first-order valence-electron chi connectivity index (χ1n) is 5.07. The van der Waals surface area contributed by atoms with Crippen molar-refractivity contribution in [2.75, 3.05) is 6.54 Å². The monoisotopic (exact) mass is 186 g/mol. The van der Waals surface area contributed by atoms with Crippen molar-refractivity contribution in [1.82, 2.24) is 5.32 Å². The number of nitrogens with one attached hydrogen (secondary N) is 1. The standard InChI is InChI=1S/C12H14N2/c13-7-4-8-14-12-9-11(12)10-5-2-1-3-6-10/h1-3,5-6,11-12,14H,4,8-9H2. The fourth-order valence-corrected chi connectivity index (χ4v) is 1.80. The maximum atomic E-state index is 8.39. The zero-order valence-electron chi connectivity index (χ0n) is 8.11. The summed E-state index contributed by atoms with van der Waals surface area (Å²) in [6.45, 7) is 0.824. The molecule has 0 amide bonds. The van der Waals surface area contributed by atoms with Crippen molar-refractivity contribution in [2.24, 2.45) is 0 Å². The molecular weight excluding hydrogens is 172 g/mol. The lowest BCUT2D eigenvalue weighted by atomic mass is 10.1. The highest BCUT2D eigenvalue weighted by Crippen LogP contribution is 2.40. The van der Waals surface area contributed by atoms with Crippen LogP contribution < -0.4 is 5.32 Å². The van der Waals surface area contributed by atoms with E-state index in [-0.39, 0.29) is 0 Å². The summed E-state index contributed by atoms with van der Waals surface area (Å²) >= 11 is 0. The van der Waals surface area contributed by atoms with E-state index in [9.17, 15) is 0 Å². The second-order valence-corrected chi connectivity index (χ2v) is 3.72. The van der Waals surface area contributed by atoms with Crippen LogP contribution in [0, 0.1) is 11.3 Å². The van der Waals surface area contributed by atoms with Gasteiger partial charge in [-0.15, -0.1) is 0 Å². The molecule has 1 saturated carbocycles. The van der Waals surface area contributed by atoms with Crippen molar-refractivity contribution in [3.63, 3.8) is 0 Å². The topological polar surface area (TPSA) is 35.8 Å². The molecule has 0 saturated heterocycles. The summed E-state index contributed by atoms with van der Waals surface area (Å²) in [6, 6.07) is 13.3. The first-order chi connectivity index (χ1) is 6.92. The maximum absolute atomic E-state index is 8.39. The van der Waals surface area contributed by atoms with E-state index in [4.69, 9.17) is 5.26 Å². The Labute approximate surface area is 84.6 Å². The molecule has 2 unspecified atom stereocenters. The van der Waals surface area contributed by atoms with Crippen molar-refractivity contribution in [3.8, 4) is 6.07 Å². The molecule has 0 heterocycles. The van der Waals surface area contributed by atoms with Gasteiger partial charge in [0, 0.05) is 24.9 Å². The summed E-state index contributed by atoms with van der Waals surface area (Å²) in [5.74, 6) is 0.676.